The maximum absolute atomic E-state index is 12.2. The first kappa shape index (κ1) is 12.8. The van der Waals surface area contributed by atoms with E-state index < -0.39 is 0 Å². The molecule has 2 aliphatic rings. The second-order valence-electron chi connectivity index (χ2n) is 5.21. The lowest BCUT2D eigenvalue weighted by atomic mass is 10.2. The molecule has 5 nitrogen and oxygen atoms in total. The van der Waals surface area contributed by atoms with Crippen molar-refractivity contribution in [2.24, 2.45) is 0 Å². The molecule has 98 valence electrons. The SMILES string of the molecule is C[C@H]1CNCCN1CC(=O)N1CCN(C)CC1. The van der Waals surface area contributed by atoms with Crippen molar-refractivity contribution >= 4 is 5.91 Å². The number of piperazine rings is 2. The molecule has 0 radical (unpaired) electrons. The predicted octanol–water partition coefficient (Wildman–Crippen LogP) is -0.946. The summed E-state index contributed by atoms with van der Waals surface area (Å²) in [5.74, 6) is 0.298. The highest BCUT2D eigenvalue weighted by atomic mass is 16.2. The Balaban J connectivity index is 1.79. The standard InChI is InChI=1S/C12H24N4O/c1-11-9-13-3-4-16(11)10-12(17)15-7-5-14(2)6-8-15/h11,13H,3-10H2,1-2H3/t11-/m0/s1. The van der Waals surface area contributed by atoms with E-state index in [-0.39, 0.29) is 0 Å². The Bertz CT molecular complexity index is 263. The van der Waals surface area contributed by atoms with Crippen LogP contribution in [0.3, 0.4) is 0 Å². The number of hydrogen-bond acceptors (Lipinski definition) is 4. The van der Waals surface area contributed by atoms with Gasteiger partial charge in [0.25, 0.3) is 0 Å². The highest BCUT2D eigenvalue weighted by Crippen LogP contribution is 2.05. The summed E-state index contributed by atoms with van der Waals surface area (Å²) in [6.45, 7) is 9.53. The van der Waals surface area contributed by atoms with Gasteiger partial charge in [0, 0.05) is 51.9 Å². The van der Waals surface area contributed by atoms with E-state index >= 15 is 0 Å². The molecule has 0 aromatic carbocycles. The number of likely N-dealkylation sites (N-methyl/N-ethyl adjacent to an activating group) is 1. The van der Waals surface area contributed by atoms with Crippen LogP contribution in [0.4, 0.5) is 0 Å². The largest absolute Gasteiger partial charge is 0.339 e. The summed E-state index contributed by atoms with van der Waals surface area (Å²) >= 11 is 0. The molecule has 5 heteroatoms. The van der Waals surface area contributed by atoms with Crippen LogP contribution in [0.25, 0.3) is 0 Å². The fourth-order valence-electron chi connectivity index (χ4n) is 2.45. The number of nitrogens with zero attached hydrogens (tertiary/aromatic N) is 3. The van der Waals surface area contributed by atoms with Crippen LogP contribution < -0.4 is 5.32 Å². The van der Waals surface area contributed by atoms with Gasteiger partial charge in [-0.2, -0.15) is 0 Å². The molecule has 2 rings (SSSR count). The van der Waals surface area contributed by atoms with Crippen LogP contribution in [0.2, 0.25) is 0 Å². The van der Waals surface area contributed by atoms with Crippen molar-refractivity contribution in [3.8, 4) is 0 Å². The molecule has 2 heterocycles. The average Bonchev–Trinajstić information content (AvgIpc) is 2.33. The van der Waals surface area contributed by atoms with Crippen LogP contribution in [-0.4, -0.2) is 86.1 Å². The Kier molecular flexibility index (Phi) is 4.36. The smallest absolute Gasteiger partial charge is 0.236 e. The third-order valence-corrected chi connectivity index (χ3v) is 3.83. The summed E-state index contributed by atoms with van der Waals surface area (Å²) in [5, 5.41) is 3.35. The van der Waals surface area contributed by atoms with Crippen molar-refractivity contribution in [3.63, 3.8) is 0 Å². The molecule has 0 aromatic heterocycles. The molecule has 0 aromatic rings. The lowest BCUT2D eigenvalue weighted by molar-refractivity contribution is -0.134. The van der Waals surface area contributed by atoms with Crippen molar-refractivity contribution in [1.82, 2.24) is 20.0 Å². The Morgan fingerprint density at radius 3 is 2.59 bits per heavy atom. The number of carbonyl (C=O) groups excluding carboxylic acids is 1. The van der Waals surface area contributed by atoms with Gasteiger partial charge in [0.2, 0.25) is 5.91 Å². The topological polar surface area (TPSA) is 38.8 Å². The van der Waals surface area contributed by atoms with E-state index in [1.165, 1.54) is 0 Å². The molecule has 0 unspecified atom stereocenters. The van der Waals surface area contributed by atoms with Gasteiger partial charge in [0.15, 0.2) is 0 Å². The van der Waals surface area contributed by atoms with Gasteiger partial charge in [-0.15, -0.1) is 0 Å². The number of nitrogens with one attached hydrogen (secondary N) is 1. The molecule has 17 heavy (non-hydrogen) atoms. The zero-order valence-corrected chi connectivity index (χ0v) is 11.0. The fraction of sp³-hybridized carbons (Fsp3) is 0.917. The molecule has 0 aliphatic carbocycles. The molecule has 0 saturated carbocycles. The van der Waals surface area contributed by atoms with Crippen LogP contribution >= 0.6 is 0 Å². The van der Waals surface area contributed by atoms with Crippen molar-refractivity contribution in [2.75, 3.05) is 59.4 Å². The molecule has 2 saturated heterocycles. The van der Waals surface area contributed by atoms with Crippen molar-refractivity contribution in [3.05, 3.63) is 0 Å². The maximum atomic E-state index is 12.2. The molecule has 2 fully saturated rings. The van der Waals surface area contributed by atoms with Crippen LogP contribution in [-0.2, 0) is 4.79 Å². The highest BCUT2D eigenvalue weighted by molar-refractivity contribution is 5.78. The first-order valence-corrected chi connectivity index (χ1v) is 6.58. The second kappa shape index (κ2) is 5.80. The number of carbonyl (C=O) groups is 1. The molecular weight excluding hydrogens is 216 g/mol. The monoisotopic (exact) mass is 240 g/mol. The first-order chi connectivity index (χ1) is 8.16. The number of hydrogen-bond donors (Lipinski definition) is 1. The summed E-state index contributed by atoms with van der Waals surface area (Å²) in [7, 11) is 2.11. The van der Waals surface area contributed by atoms with Crippen molar-refractivity contribution < 1.29 is 4.79 Å². The van der Waals surface area contributed by atoms with Gasteiger partial charge in [-0.3, -0.25) is 9.69 Å². The summed E-state index contributed by atoms with van der Waals surface area (Å²) < 4.78 is 0. The highest BCUT2D eigenvalue weighted by Gasteiger charge is 2.24. The van der Waals surface area contributed by atoms with Crippen molar-refractivity contribution in [1.29, 1.82) is 0 Å². The number of rotatable bonds is 2. The maximum Gasteiger partial charge on any atom is 0.236 e. The van der Waals surface area contributed by atoms with Crippen LogP contribution in [0.15, 0.2) is 0 Å². The Morgan fingerprint density at radius 1 is 1.24 bits per heavy atom. The van der Waals surface area contributed by atoms with Crippen LogP contribution in [0.5, 0.6) is 0 Å². The molecule has 1 N–H and O–H groups in total. The zero-order chi connectivity index (χ0) is 12.3. The van der Waals surface area contributed by atoms with Gasteiger partial charge in [-0.25, -0.2) is 0 Å². The molecule has 1 atom stereocenters. The number of amides is 1. The average molecular weight is 240 g/mol. The summed E-state index contributed by atoms with van der Waals surface area (Å²) in [6.07, 6.45) is 0. The lowest BCUT2D eigenvalue weighted by Crippen LogP contribution is -2.55. The van der Waals surface area contributed by atoms with Gasteiger partial charge in [-0.05, 0) is 14.0 Å². The summed E-state index contributed by atoms with van der Waals surface area (Å²) in [6, 6.07) is 0.472. The third kappa shape index (κ3) is 3.40. The lowest BCUT2D eigenvalue weighted by Gasteiger charge is -2.37. The van der Waals surface area contributed by atoms with Gasteiger partial charge < -0.3 is 15.1 Å². The van der Waals surface area contributed by atoms with E-state index in [9.17, 15) is 4.79 Å². The van der Waals surface area contributed by atoms with Crippen LogP contribution in [0.1, 0.15) is 6.92 Å². The minimum atomic E-state index is 0.298. The predicted molar refractivity (Wildman–Crippen MR) is 68.0 cm³/mol. The molecular formula is C12H24N4O. The first-order valence-electron chi connectivity index (χ1n) is 6.58. The van der Waals surface area contributed by atoms with Gasteiger partial charge in [0.05, 0.1) is 6.54 Å². The molecule has 2 aliphatic heterocycles. The Morgan fingerprint density at radius 2 is 1.94 bits per heavy atom. The Hall–Kier alpha value is -0.650. The van der Waals surface area contributed by atoms with E-state index in [0.717, 1.165) is 45.8 Å². The Labute approximate surface area is 104 Å². The molecule has 0 spiro atoms. The third-order valence-electron chi connectivity index (χ3n) is 3.83. The van der Waals surface area contributed by atoms with E-state index in [4.69, 9.17) is 0 Å². The fourth-order valence-corrected chi connectivity index (χ4v) is 2.45. The van der Waals surface area contributed by atoms with Gasteiger partial charge in [-0.1, -0.05) is 0 Å². The molecule has 1 amide bonds. The van der Waals surface area contributed by atoms with E-state index in [1.54, 1.807) is 0 Å². The summed E-state index contributed by atoms with van der Waals surface area (Å²) in [5.41, 5.74) is 0. The van der Waals surface area contributed by atoms with Gasteiger partial charge in [0.1, 0.15) is 0 Å². The van der Waals surface area contributed by atoms with Gasteiger partial charge >= 0.3 is 0 Å². The second-order valence-corrected chi connectivity index (χ2v) is 5.21. The molecule has 0 bridgehead atoms. The quantitative estimate of drug-likeness (QED) is 0.676. The van der Waals surface area contributed by atoms with E-state index in [2.05, 4.69) is 29.1 Å². The summed E-state index contributed by atoms with van der Waals surface area (Å²) in [4.78, 5) is 18.7. The van der Waals surface area contributed by atoms with Crippen molar-refractivity contribution in [2.45, 2.75) is 13.0 Å². The van der Waals surface area contributed by atoms with E-state index in [1.807, 2.05) is 4.90 Å². The zero-order valence-electron chi connectivity index (χ0n) is 11.0. The van der Waals surface area contributed by atoms with E-state index in [0.29, 0.717) is 18.5 Å². The normalized spacial score (nSPS) is 28.4. The minimum absolute atomic E-state index is 0.298. The van der Waals surface area contributed by atoms with Crippen LogP contribution in [0, 0.1) is 0 Å². The minimum Gasteiger partial charge on any atom is -0.339 e.